The average Bonchev–Trinajstić information content (AvgIpc) is 3.24. The molecule has 0 aliphatic heterocycles. The monoisotopic (exact) mass is 408 g/mol. The van der Waals surface area contributed by atoms with Crippen molar-refractivity contribution in [1.29, 1.82) is 0 Å². The quantitative estimate of drug-likeness (QED) is 0.467. The first-order chi connectivity index (χ1) is 12.8. The summed E-state index contributed by atoms with van der Waals surface area (Å²) in [7, 11) is -2.41. The second kappa shape index (κ2) is 7.13. The zero-order valence-electron chi connectivity index (χ0n) is 13.7. The van der Waals surface area contributed by atoms with Gasteiger partial charge in [0.25, 0.3) is 15.9 Å². The molecule has 13 heteroatoms. The summed E-state index contributed by atoms with van der Waals surface area (Å²) in [4.78, 5) is 26.4. The van der Waals surface area contributed by atoms with E-state index in [1.807, 2.05) is 0 Å². The van der Waals surface area contributed by atoms with E-state index in [2.05, 4.69) is 20.1 Å². The molecule has 3 rings (SSSR count). The van der Waals surface area contributed by atoms with Crippen LogP contribution in [0, 0.1) is 10.1 Å². The highest BCUT2D eigenvalue weighted by Gasteiger charge is 2.25. The van der Waals surface area contributed by atoms with E-state index in [0.717, 1.165) is 22.2 Å². The molecule has 0 atom stereocenters. The molecule has 2 heterocycles. The minimum atomic E-state index is -3.81. The largest absolute Gasteiger partial charge is 0.320 e. The molecule has 3 aromatic rings. The van der Waals surface area contributed by atoms with Crippen molar-refractivity contribution >= 4 is 43.8 Å². The molecular weight excluding hydrogens is 396 g/mol. The lowest BCUT2D eigenvalue weighted by Gasteiger charge is -2.08. The Kier molecular flexibility index (Phi) is 4.87. The van der Waals surface area contributed by atoms with Crippen LogP contribution in [0.3, 0.4) is 0 Å². The average molecular weight is 408 g/mol. The first kappa shape index (κ1) is 18.5. The van der Waals surface area contributed by atoms with Gasteiger partial charge in [0, 0.05) is 24.3 Å². The lowest BCUT2D eigenvalue weighted by atomic mass is 10.3. The first-order valence-corrected chi connectivity index (χ1v) is 9.64. The van der Waals surface area contributed by atoms with Gasteiger partial charge >= 0.3 is 5.69 Å². The molecule has 1 amide bonds. The Morgan fingerprint density at radius 2 is 2.00 bits per heavy atom. The fourth-order valence-corrected chi connectivity index (χ4v) is 3.97. The number of hydrogen-bond donors (Lipinski definition) is 2. The Morgan fingerprint density at radius 3 is 2.59 bits per heavy atom. The molecule has 140 valence electrons. The van der Waals surface area contributed by atoms with E-state index < -0.39 is 26.5 Å². The number of rotatable bonds is 6. The summed E-state index contributed by atoms with van der Waals surface area (Å²) >= 11 is 1.14. The predicted molar refractivity (Wildman–Crippen MR) is 97.2 cm³/mol. The van der Waals surface area contributed by atoms with Crippen LogP contribution in [0.5, 0.6) is 0 Å². The number of amides is 1. The van der Waals surface area contributed by atoms with E-state index in [0.29, 0.717) is 0 Å². The second-order valence-corrected chi connectivity index (χ2v) is 7.76. The third kappa shape index (κ3) is 3.93. The van der Waals surface area contributed by atoms with Crippen molar-refractivity contribution in [3.05, 3.63) is 57.8 Å². The number of thiazole rings is 1. The van der Waals surface area contributed by atoms with Gasteiger partial charge in [-0.1, -0.05) is 0 Å². The Balaban J connectivity index is 1.77. The molecule has 0 unspecified atom stereocenters. The van der Waals surface area contributed by atoms with Gasteiger partial charge in [0.1, 0.15) is 6.20 Å². The summed E-state index contributed by atoms with van der Waals surface area (Å²) in [5.74, 6) is -0.738. The number of hydrogen-bond acceptors (Lipinski definition) is 8. The molecule has 0 saturated carbocycles. The molecule has 0 spiro atoms. The Morgan fingerprint density at radius 1 is 1.30 bits per heavy atom. The Bertz CT molecular complexity index is 1090. The van der Waals surface area contributed by atoms with Crippen molar-refractivity contribution in [2.75, 3.05) is 10.0 Å². The van der Waals surface area contributed by atoms with Crippen LogP contribution >= 0.6 is 11.3 Å². The number of nitro groups is 1. The van der Waals surface area contributed by atoms with E-state index in [4.69, 9.17) is 0 Å². The van der Waals surface area contributed by atoms with Crippen molar-refractivity contribution in [3.8, 4) is 0 Å². The lowest BCUT2D eigenvalue weighted by Crippen LogP contribution is -2.18. The molecule has 0 bridgehead atoms. The minimum absolute atomic E-state index is 0.0257. The molecule has 0 saturated heterocycles. The standard InChI is InChI=1S/C14H12N6O5S2/c1-19-12(11(8-16-19)20(22)23)13(21)17-9-2-4-10(5-3-9)27(24,25)18-14-15-6-7-26-14/h2-8H,1H3,(H,15,18)(H,17,21). The molecule has 0 aliphatic rings. The van der Waals surface area contributed by atoms with Crippen LogP contribution in [0.1, 0.15) is 10.5 Å². The number of anilines is 2. The predicted octanol–water partition coefficient (Wildman–Crippen LogP) is 1.84. The third-order valence-corrected chi connectivity index (χ3v) is 5.58. The number of aromatic nitrogens is 3. The molecule has 0 radical (unpaired) electrons. The summed E-state index contributed by atoms with van der Waals surface area (Å²) in [6.07, 6.45) is 2.45. The van der Waals surface area contributed by atoms with Gasteiger partial charge in [-0.2, -0.15) is 5.10 Å². The molecule has 27 heavy (non-hydrogen) atoms. The van der Waals surface area contributed by atoms with Crippen molar-refractivity contribution in [1.82, 2.24) is 14.8 Å². The normalized spacial score (nSPS) is 11.1. The summed E-state index contributed by atoms with van der Waals surface area (Å²) in [5.41, 5.74) is -0.382. The number of carbonyl (C=O) groups is 1. The van der Waals surface area contributed by atoms with Crippen LogP contribution in [0.2, 0.25) is 0 Å². The SMILES string of the molecule is Cn1ncc([N+](=O)[O-])c1C(=O)Nc1ccc(S(=O)(=O)Nc2nccs2)cc1. The van der Waals surface area contributed by atoms with Gasteiger partial charge in [0.05, 0.1) is 9.82 Å². The van der Waals surface area contributed by atoms with Crippen LogP contribution in [0.4, 0.5) is 16.5 Å². The second-order valence-electron chi connectivity index (χ2n) is 5.18. The maximum absolute atomic E-state index is 12.3. The number of carbonyl (C=O) groups excluding carboxylic acids is 1. The first-order valence-electron chi connectivity index (χ1n) is 7.28. The highest BCUT2D eigenvalue weighted by molar-refractivity contribution is 7.93. The maximum Gasteiger partial charge on any atom is 0.320 e. The number of nitrogens with zero attached hydrogens (tertiary/aromatic N) is 4. The minimum Gasteiger partial charge on any atom is -0.320 e. The highest BCUT2D eigenvalue weighted by Crippen LogP contribution is 2.21. The summed E-state index contributed by atoms with van der Waals surface area (Å²) in [5, 5.41) is 19.0. The lowest BCUT2D eigenvalue weighted by molar-refractivity contribution is -0.385. The summed E-state index contributed by atoms with van der Waals surface area (Å²) in [6.45, 7) is 0. The van der Waals surface area contributed by atoms with E-state index in [1.165, 1.54) is 37.5 Å². The number of aryl methyl sites for hydroxylation is 1. The smallest absolute Gasteiger partial charge is 0.320 e. The van der Waals surface area contributed by atoms with Gasteiger partial charge in [0.2, 0.25) is 5.69 Å². The van der Waals surface area contributed by atoms with Crippen molar-refractivity contribution in [2.24, 2.45) is 7.05 Å². The van der Waals surface area contributed by atoms with Crippen molar-refractivity contribution in [2.45, 2.75) is 4.90 Å². The molecule has 0 aliphatic carbocycles. The Hall–Kier alpha value is -3.32. The molecule has 0 fully saturated rings. The van der Waals surface area contributed by atoms with Crippen LogP contribution in [-0.4, -0.2) is 34.0 Å². The number of sulfonamides is 1. The van der Waals surface area contributed by atoms with Crippen molar-refractivity contribution in [3.63, 3.8) is 0 Å². The van der Waals surface area contributed by atoms with Crippen LogP contribution in [0.15, 0.2) is 46.9 Å². The molecule has 2 aromatic heterocycles. The maximum atomic E-state index is 12.3. The fourth-order valence-electron chi connectivity index (χ4n) is 2.18. The molecule has 2 N–H and O–H groups in total. The Labute approximate surface area is 156 Å². The number of nitrogens with one attached hydrogen (secondary N) is 2. The zero-order chi connectivity index (χ0) is 19.6. The van der Waals surface area contributed by atoms with E-state index in [1.54, 1.807) is 5.38 Å². The highest BCUT2D eigenvalue weighted by atomic mass is 32.2. The van der Waals surface area contributed by atoms with Gasteiger partial charge in [-0.15, -0.1) is 11.3 Å². The van der Waals surface area contributed by atoms with Gasteiger partial charge in [-0.05, 0) is 24.3 Å². The summed E-state index contributed by atoms with van der Waals surface area (Å²) in [6, 6.07) is 5.33. The summed E-state index contributed by atoms with van der Waals surface area (Å²) < 4.78 is 27.9. The van der Waals surface area contributed by atoms with E-state index in [9.17, 15) is 23.3 Å². The van der Waals surface area contributed by atoms with Crippen LogP contribution < -0.4 is 10.0 Å². The molecule has 11 nitrogen and oxygen atoms in total. The third-order valence-electron chi connectivity index (χ3n) is 3.41. The fraction of sp³-hybridized carbons (Fsp3) is 0.0714. The molecule has 1 aromatic carbocycles. The van der Waals surface area contributed by atoms with Gasteiger partial charge in [-0.25, -0.2) is 13.4 Å². The van der Waals surface area contributed by atoms with Crippen LogP contribution in [0.25, 0.3) is 0 Å². The topological polar surface area (TPSA) is 149 Å². The van der Waals surface area contributed by atoms with Gasteiger partial charge in [-0.3, -0.25) is 24.3 Å². The number of benzene rings is 1. The van der Waals surface area contributed by atoms with Crippen LogP contribution in [-0.2, 0) is 17.1 Å². The zero-order valence-corrected chi connectivity index (χ0v) is 15.3. The van der Waals surface area contributed by atoms with E-state index in [-0.39, 0.29) is 21.4 Å². The van der Waals surface area contributed by atoms with E-state index >= 15 is 0 Å². The van der Waals surface area contributed by atoms with Gasteiger partial charge < -0.3 is 5.32 Å². The van der Waals surface area contributed by atoms with Crippen molar-refractivity contribution < 1.29 is 18.1 Å². The van der Waals surface area contributed by atoms with Gasteiger partial charge in [0.15, 0.2) is 5.13 Å². The molecular formula is C14H12N6O5S2.